The molecule has 3 aromatic carbocycles. The lowest BCUT2D eigenvalue weighted by atomic mass is 9.99. The minimum absolute atomic E-state index is 0.142. The number of benzene rings is 3. The number of fused-ring (bicyclic) bond motifs is 1. The van der Waals surface area contributed by atoms with Crippen LogP contribution in [0.25, 0.3) is 27.7 Å². The summed E-state index contributed by atoms with van der Waals surface area (Å²) in [6.07, 6.45) is 1.93. The molecule has 0 unspecified atom stereocenters. The van der Waals surface area contributed by atoms with Crippen LogP contribution in [0.4, 0.5) is 14.5 Å². The van der Waals surface area contributed by atoms with Crippen LogP contribution in [0.2, 0.25) is 0 Å². The van der Waals surface area contributed by atoms with E-state index in [-0.39, 0.29) is 22.6 Å². The number of carbonyl (C=O) groups is 1. The number of pyridine rings is 1. The number of hydrogen-bond donors (Lipinski definition) is 1. The zero-order valence-electron chi connectivity index (χ0n) is 21.9. The van der Waals surface area contributed by atoms with Gasteiger partial charge in [-0.1, -0.05) is 37.8 Å². The summed E-state index contributed by atoms with van der Waals surface area (Å²) in [7, 11) is 0. The molecule has 0 atom stereocenters. The second kappa shape index (κ2) is 10.4. The molecule has 1 aliphatic rings. The van der Waals surface area contributed by atoms with Crippen molar-refractivity contribution in [2.45, 2.75) is 20.3 Å². The first-order valence-corrected chi connectivity index (χ1v) is 12.9. The van der Waals surface area contributed by atoms with Crippen molar-refractivity contribution in [1.82, 2.24) is 9.47 Å². The number of carbonyl (C=O) groups excluding carboxylic acids is 1. The summed E-state index contributed by atoms with van der Waals surface area (Å²) in [5.74, 6) is -2.06. The molecule has 8 heteroatoms. The van der Waals surface area contributed by atoms with Crippen LogP contribution in [0.1, 0.15) is 18.1 Å². The van der Waals surface area contributed by atoms with Crippen molar-refractivity contribution in [1.29, 1.82) is 0 Å². The number of anilines is 1. The first-order chi connectivity index (χ1) is 18.7. The van der Waals surface area contributed by atoms with Gasteiger partial charge >= 0.3 is 0 Å². The summed E-state index contributed by atoms with van der Waals surface area (Å²) in [6, 6.07) is 13.8. The van der Waals surface area contributed by atoms with E-state index in [2.05, 4.69) is 6.58 Å². The predicted molar refractivity (Wildman–Crippen MR) is 150 cm³/mol. The fraction of sp³-hybridized carbons (Fsp3) is 0.226. The van der Waals surface area contributed by atoms with Crippen LogP contribution in [-0.2, 0) is 11.2 Å². The van der Waals surface area contributed by atoms with E-state index >= 15 is 4.39 Å². The molecule has 4 aromatic rings. The highest BCUT2D eigenvalue weighted by molar-refractivity contribution is 5.96. The molecule has 5 rings (SSSR count). The Labute approximate surface area is 225 Å². The quantitative estimate of drug-likeness (QED) is 0.354. The van der Waals surface area contributed by atoms with Crippen molar-refractivity contribution >= 4 is 22.5 Å². The summed E-state index contributed by atoms with van der Waals surface area (Å²) in [5, 5.41) is 10.9. The van der Waals surface area contributed by atoms with E-state index in [0.717, 1.165) is 17.2 Å². The number of aromatic nitrogens is 1. The molecule has 6 nitrogen and oxygen atoms in total. The van der Waals surface area contributed by atoms with Crippen molar-refractivity contribution in [2.24, 2.45) is 0 Å². The van der Waals surface area contributed by atoms with Gasteiger partial charge in [0.25, 0.3) is 5.56 Å². The van der Waals surface area contributed by atoms with Crippen LogP contribution in [0.15, 0.2) is 72.0 Å². The highest BCUT2D eigenvalue weighted by atomic mass is 19.1. The van der Waals surface area contributed by atoms with Crippen LogP contribution in [0.3, 0.4) is 0 Å². The molecule has 1 saturated heterocycles. The first kappa shape index (κ1) is 26.2. The molecule has 1 aliphatic heterocycles. The molecule has 200 valence electrons. The van der Waals surface area contributed by atoms with Crippen molar-refractivity contribution in [3.8, 4) is 22.6 Å². The molecule has 0 aliphatic carbocycles. The average molecular weight is 530 g/mol. The highest BCUT2D eigenvalue weighted by Gasteiger charge is 2.25. The number of hydrogen-bond acceptors (Lipinski definition) is 4. The number of nitrogens with zero attached hydrogens (tertiary/aromatic N) is 3. The van der Waals surface area contributed by atoms with Crippen LogP contribution < -0.4 is 10.5 Å². The zero-order valence-corrected chi connectivity index (χ0v) is 21.9. The third kappa shape index (κ3) is 4.56. The summed E-state index contributed by atoms with van der Waals surface area (Å²) < 4.78 is 32.1. The van der Waals surface area contributed by atoms with Gasteiger partial charge in [-0.15, -0.1) is 0 Å². The Bertz CT molecular complexity index is 1650. The van der Waals surface area contributed by atoms with Crippen LogP contribution in [-0.4, -0.2) is 46.7 Å². The summed E-state index contributed by atoms with van der Waals surface area (Å²) in [6.45, 7) is 9.19. The Morgan fingerprint density at radius 2 is 1.74 bits per heavy atom. The van der Waals surface area contributed by atoms with Crippen LogP contribution >= 0.6 is 0 Å². The molecule has 0 radical (unpaired) electrons. The van der Waals surface area contributed by atoms with Gasteiger partial charge in [-0.25, -0.2) is 8.78 Å². The van der Waals surface area contributed by atoms with Crippen molar-refractivity contribution in [3.63, 3.8) is 0 Å². The van der Waals surface area contributed by atoms with E-state index in [1.165, 1.54) is 36.4 Å². The van der Waals surface area contributed by atoms with Crippen molar-refractivity contribution in [3.05, 3.63) is 100 Å². The van der Waals surface area contributed by atoms with Gasteiger partial charge in [0.15, 0.2) is 0 Å². The number of amides is 1. The maximum absolute atomic E-state index is 15.7. The number of phenols is 1. The topological polar surface area (TPSA) is 65.8 Å². The Kier molecular flexibility index (Phi) is 6.95. The molecule has 1 aromatic heterocycles. The predicted octanol–water partition coefficient (Wildman–Crippen LogP) is 5.35. The van der Waals surface area contributed by atoms with Gasteiger partial charge in [-0.05, 0) is 54.8 Å². The Balaban J connectivity index is 1.80. The molecular weight excluding hydrogens is 500 g/mol. The Hall–Kier alpha value is -4.46. The number of piperazine rings is 1. The monoisotopic (exact) mass is 529 g/mol. The molecule has 1 fully saturated rings. The molecule has 2 heterocycles. The molecule has 1 amide bonds. The van der Waals surface area contributed by atoms with Crippen LogP contribution in [0.5, 0.6) is 5.75 Å². The molecule has 0 bridgehead atoms. The van der Waals surface area contributed by atoms with E-state index in [0.29, 0.717) is 54.9 Å². The second-order valence-electron chi connectivity index (χ2n) is 9.64. The first-order valence-electron chi connectivity index (χ1n) is 12.9. The van der Waals surface area contributed by atoms with Gasteiger partial charge in [-0.3, -0.25) is 14.2 Å². The van der Waals surface area contributed by atoms with Gasteiger partial charge < -0.3 is 14.9 Å². The van der Waals surface area contributed by atoms with Crippen molar-refractivity contribution in [2.75, 3.05) is 31.1 Å². The molecule has 39 heavy (non-hydrogen) atoms. The average Bonchev–Trinajstić information content (AvgIpc) is 2.93. The van der Waals surface area contributed by atoms with Gasteiger partial charge in [-0.2, -0.15) is 0 Å². The van der Waals surface area contributed by atoms with Gasteiger partial charge in [0, 0.05) is 43.2 Å². The number of aryl methyl sites for hydroxylation is 2. The maximum atomic E-state index is 15.7. The number of aromatic hydroxyl groups is 1. The lowest BCUT2D eigenvalue weighted by molar-refractivity contribution is -0.126. The minimum Gasteiger partial charge on any atom is -0.507 e. The molecule has 1 N–H and O–H groups in total. The number of para-hydroxylation sites is 1. The third-order valence-corrected chi connectivity index (χ3v) is 7.38. The third-order valence-electron chi connectivity index (χ3n) is 7.38. The van der Waals surface area contributed by atoms with E-state index in [1.54, 1.807) is 9.47 Å². The SMILES string of the molecule is C=CC(=O)N1CCN(c2cc(=O)n(-c3c(C)cccc3CC)c3cc(-c4c(O)cccc4F)c(F)cc23)CC1. The van der Waals surface area contributed by atoms with Gasteiger partial charge in [0.1, 0.15) is 17.4 Å². The molecule has 0 saturated carbocycles. The number of rotatable bonds is 5. The Morgan fingerprint density at radius 1 is 1.03 bits per heavy atom. The highest BCUT2D eigenvalue weighted by Crippen LogP contribution is 2.38. The van der Waals surface area contributed by atoms with Gasteiger partial charge in [0.05, 0.1) is 22.5 Å². The fourth-order valence-electron chi connectivity index (χ4n) is 5.42. The largest absolute Gasteiger partial charge is 0.507 e. The zero-order chi connectivity index (χ0) is 27.8. The van der Waals surface area contributed by atoms with E-state index in [4.69, 9.17) is 0 Å². The van der Waals surface area contributed by atoms with E-state index in [1.807, 2.05) is 36.9 Å². The van der Waals surface area contributed by atoms with Crippen LogP contribution in [0, 0.1) is 18.6 Å². The normalized spacial score (nSPS) is 13.6. The summed E-state index contributed by atoms with van der Waals surface area (Å²) in [5.41, 5.74) is 2.69. The van der Waals surface area contributed by atoms with E-state index in [9.17, 15) is 19.1 Å². The molecule has 0 spiro atoms. The number of halogens is 2. The molecular formula is C31H29F2N3O3. The fourth-order valence-corrected chi connectivity index (χ4v) is 5.42. The van der Waals surface area contributed by atoms with Crippen molar-refractivity contribution < 1.29 is 18.7 Å². The summed E-state index contributed by atoms with van der Waals surface area (Å²) in [4.78, 5) is 29.6. The minimum atomic E-state index is -0.772. The Morgan fingerprint density at radius 3 is 2.41 bits per heavy atom. The lowest BCUT2D eigenvalue weighted by Gasteiger charge is -2.36. The second-order valence-corrected chi connectivity index (χ2v) is 9.64. The van der Waals surface area contributed by atoms with Gasteiger partial charge in [0.2, 0.25) is 5.91 Å². The van der Waals surface area contributed by atoms with E-state index < -0.39 is 17.4 Å². The summed E-state index contributed by atoms with van der Waals surface area (Å²) >= 11 is 0. The standard InChI is InChI=1S/C31H29F2N3O3/c1-4-20-9-6-8-19(3)31(20)36-26-17-21(30-23(32)10-7-11-27(30)37)24(33)16-22(26)25(18-29(36)39)34-12-14-35(15-13-34)28(38)5-2/h5-11,16-18,37H,2,4,12-15H2,1,3H3. The number of phenolic OH excluding ortho intramolecular Hbond substituents is 1. The maximum Gasteiger partial charge on any atom is 0.257 e. The lowest BCUT2D eigenvalue weighted by Crippen LogP contribution is -2.48. The smallest absolute Gasteiger partial charge is 0.257 e.